The smallest absolute Gasteiger partial charge is 0.0621 e. The van der Waals surface area contributed by atoms with Crippen LogP contribution < -0.4 is 0 Å². The van der Waals surface area contributed by atoms with E-state index in [1.54, 1.807) is 0 Å². The third-order valence-electron chi connectivity index (χ3n) is 0.243. The van der Waals surface area contributed by atoms with Crippen molar-refractivity contribution >= 4 is 0 Å². The number of rotatable bonds is 2. The number of hydrogen-bond acceptors (Lipinski definition) is 1. The van der Waals surface area contributed by atoms with E-state index in [-0.39, 0.29) is 0 Å². The SMILES string of the molecule is [2H]C([2H])(C)C([2H])([2H])C([2H])([2H])C#N. The third-order valence-corrected chi connectivity index (χ3v) is 0.243. The number of nitrogens with zero attached hydrogens (tertiary/aromatic N) is 1. The summed E-state index contributed by atoms with van der Waals surface area (Å²) in [6, 6.07) is 1.11. The van der Waals surface area contributed by atoms with Crippen molar-refractivity contribution in [3.8, 4) is 6.07 Å². The molecule has 0 aliphatic carbocycles. The van der Waals surface area contributed by atoms with Crippen molar-refractivity contribution in [2.45, 2.75) is 26.0 Å². The van der Waals surface area contributed by atoms with E-state index in [0.717, 1.165) is 13.0 Å². The van der Waals surface area contributed by atoms with Crippen molar-refractivity contribution in [3.05, 3.63) is 0 Å². The maximum Gasteiger partial charge on any atom is 0.0621 e. The van der Waals surface area contributed by atoms with Gasteiger partial charge in [0.25, 0.3) is 0 Å². The summed E-state index contributed by atoms with van der Waals surface area (Å²) in [5.74, 6) is 0. The Kier molecular flexibility index (Phi) is 0.753. The molecule has 0 aromatic heterocycles. The first-order valence-corrected chi connectivity index (χ1v) is 1.47. The van der Waals surface area contributed by atoms with Gasteiger partial charge in [-0.25, -0.2) is 0 Å². The summed E-state index contributed by atoms with van der Waals surface area (Å²) in [6.45, 7) is 0.905. The molecule has 0 aromatic carbocycles. The van der Waals surface area contributed by atoms with Gasteiger partial charge in [0.1, 0.15) is 0 Å². The van der Waals surface area contributed by atoms with Gasteiger partial charge in [0, 0.05) is 14.6 Å². The molecule has 0 aliphatic rings. The lowest BCUT2D eigenvalue weighted by Gasteiger charge is -1.77. The molecule has 0 N–H and O–H groups in total. The molecule has 1 nitrogen and oxygen atoms in total. The molecule has 0 spiro atoms. The standard InChI is InChI=1S/C5H9N/c1-2-3-4-5-6/h2-4H2,1H3/i2D2,3D2,4D2. The maximum absolute atomic E-state index is 8.26. The van der Waals surface area contributed by atoms with Crippen molar-refractivity contribution < 1.29 is 8.22 Å². The highest BCUT2D eigenvalue weighted by atomic mass is 14.2. The highest BCUT2D eigenvalue weighted by Crippen LogP contribution is 1.88. The van der Waals surface area contributed by atoms with Crippen LogP contribution in [0, 0.1) is 11.3 Å². The molecule has 0 heterocycles. The van der Waals surface area contributed by atoms with Crippen LogP contribution in [0.4, 0.5) is 0 Å². The van der Waals surface area contributed by atoms with Gasteiger partial charge in [-0.15, -0.1) is 0 Å². The largest absolute Gasteiger partial charge is 0.198 e. The van der Waals surface area contributed by atoms with E-state index in [4.69, 9.17) is 13.5 Å². The molecule has 34 valence electrons. The average Bonchev–Trinajstić information content (AvgIpc) is 1.85. The molecule has 0 atom stereocenters. The lowest BCUT2D eigenvalue weighted by Crippen LogP contribution is -1.62. The molecule has 0 radical (unpaired) electrons. The second-order valence-electron chi connectivity index (χ2n) is 0.612. The van der Waals surface area contributed by atoms with E-state index in [1.165, 1.54) is 0 Å². The third kappa shape index (κ3) is 3.49. The minimum atomic E-state index is -2.81. The normalized spacial score (nSPS) is 29.3. The highest BCUT2D eigenvalue weighted by Gasteiger charge is 1.74. The van der Waals surface area contributed by atoms with Crippen LogP contribution in [0.5, 0.6) is 0 Å². The van der Waals surface area contributed by atoms with Crippen LogP contribution >= 0.6 is 0 Å². The highest BCUT2D eigenvalue weighted by molar-refractivity contribution is 4.66. The van der Waals surface area contributed by atoms with E-state index in [0.29, 0.717) is 0 Å². The molecule has 1 heteroatoms. The summed E-state index contributed by atoms with van der Waals surface area (Å²) >= 11 is 0. The Morgan fingerprint density at radius 1 is 2.00 bits per heavy atom. The van der Waals surface area contributed by atoms with Crippen LogP contribution in [-0.2, 0) is 0 Å². The van der Waals surface area contributed by atoms with Gasteiger partial charge in [0.15, 0.2) is 0 Å². The summed E-state index contributed by atoms with van der Waals surface area (Å²) in [6.07, 6.45) is -8.01. The molecular weight excluding hydrogens is 74.1 g/mol. The Morgan fingerprint density at radius 3 is 2.83 bits per heavy atom. The fourth-order valence-corrected chi connectivity index (χ4v) is 0.0905. The zero-order valence-corrected chi connectivity index (χ0v) is 3.45. The van der Waals surface area contributed by atoms with Gasteiger partial charge in [-0.3, -0.25) is 0 Å². The molecule has 6 heavy (non-hydrogen) atoms. The Morgan fingerprint density at radius 2 is 2.67 bits per heavy atom. The molecule has 0 bridgehead atoms. The van der Waals surface area contributed by atoms with Gasteiger partial charge in [-0.05, 0) is 6.37 Å². The Balaban J connectivity index is 5.02. The maximum atomic E-state index is 8.26. The van der Waals surface area contributed by atoms with Crippen molar-refractivity contribution in [1.29, 1.82) is 5.26 Å². The lowest BCUT2D eigenvalue weighted by molar-refractivity contribution is 0.822. The lowest BCUT2D eigenvalue weighted by atomic mass is 10.3. The first kappa shape index (κ1) is 1.01. The van der Waals surface area contributed by atoms with Gasteiger partial charge in [-0.1, -0.05) is 13.3 Å². The molecular formula is C5H9N. The first-order valence-electron chi connectivity index (χ1n) is 4.47. The van der Waals surface area contributed by atoms with Gasteiger partial charge in [-0.2, -0.15) is 5.26 Å². The number of nitriles is 1. The van der Waals surface area contributed by atoms with Crippen LogP contribution in [0.3, 0.4) is 0 Å². The second-order valence-corrected chi connectivity index (χ2v) is 0.612. The summed E-state index contributed by atoms with van der Waals surface area (Å²) in [5, 5.41) is 8.26. The monoisotopic (exact) mass is 89.1 g/mol. The van der Waals surface area contributed by atoms with Gasteiger partial charge < -0.3 is 0 Å². The van der Waals surface area contributed by atoms with Gasteiger partial charge in [0.05, 0.1) is 6.07 Å². The molecule has 0 unspecified atom stereocenters. The van der Waals surface area contributed by atoms with Crippen molar-refractivity contribution in [2.24, 2.45) is 0 Å². The van der Waals surface area contributed by atoms with E-state index >= 15 is 0 Å². The number of hydrogen-bond donors (Lipinski definition) is 0. The van der Waals surface area contributed by atoms with Crippen molar-refractivity contribution in [1.82, 2.24) is 0 Å². The molecule has 0 rings (SSSR count). The van der Waals surface area contributed by atoms with Crippen molar-refractivity contribution in [2.75, 3.05) is 0 Å². The van der Waals surface area contributed by atoms with E-state index < -0.39 is 19.1 Å². The van der Waals surface area contributed by atoms with E-state index in [2.05, 4.69) is 0 Å². The van der Waals surface area contributed by atoms with Crippen LogP contribution in [0.15, 0.2) is 0 Å². The summed E-state index contributed by atoms with van der Waals surface area (Å²) < 4.78 is 42.0. The topological polar surface area (TPSA) is 23.8 Å². The fraction of sp³-hybridized carbons (Fsp3) is 0.800. The van der Waals surface area contributed by atoms with Gasteiger partial charge in [0.2, 0.25) is 0 Å². The minimum absolute atomic E-state index is 0.905. The average molecular weight is 89.2 g/mol. The predicted molar refractivity (Wildman–Crippen MR) is 25.1 cm³/mol. The van der Waals surface area contributed by atoms with Crippen LogP contribution in [0.1, 0.15) is 34.3 Å². The summed E-state index contributed by atoms with van der Waals surface area (Å²) in [7, 11) is 0. The van der Waals surface area contributed by atoms with Crippen LogP contribution in [-0.4, -0.2) is 0 Å². The molecule has 0 aromatic rings. The van der Waals surface area contributed by atoms with E-state index in [1.807, 2.05) is 0 Å². The quantitative estimate of drug-likeness (QED) is 0.505. The van der Waals surface area contributed by atoms with E-state index in [9.17, 15) is 0 Å². The van der Waals surface area contributed by atoms with Gasteiger partial charge >= 0.3 is 0 Å². The minimum Gasteiger partial charge on any atom is -0.198 e. The van der Waals surface area contributed by atoms with Crippen molar-refractivity contribution in [3.63, 3.8) is 0 Å². The Hall–Kier alpha value is -0.510. The fourth-order valence-electron chi connectivity index (χ4n) is 0.0905. The molecule has 0 aliphatic heterocycles. The zero-order valence-electron chi connectivity index (χ0n) is 9.45. The summed E-state index contributed by atoms with van der Waals surface area (Å²) in [4.78, 5) is 0. The Labute approximate surface area is 47.0 Å². The molecule has 0 amide bonds. The molecule has 0 saturated carbocycles. The molecule has 0 fully saturated rings. The second kappa shape index (κ2) is 4.49. The zero-order chi connectivity index (χ0) is 10.2. The first-order chi connectivity index (χ1) is 5.06. The summed E-state index contributed by atoms with van der Waals surface area (Å²) in [5.41, 5.74) is 0. The molecule has 0 saturated heterocycles. The van der Waals surface area contributed by atoms with Crippen LogP contribution in [0.25, 0.3) is 0 Å². The predicted octanol–water partition coefficient (Wildman–Crippen LogP) is 1.70. The van der Waals surface area contributed by atoms with Crippen LogP contribution in [0.2, 0.25) is 0 Å². The Bertz CT molecular complexity index is 209.